The molecular weight excluding hydrogens is 242 g/mol. The van der Waals surface area contributed by atoms with Crippen molar-refractivity contribution in [2.24, 2.45) is 5.11 Å². The second-order valence-corrected chi connectivity index (χ2v) is 5.20. The Morgan fingerprint density at radius 2 is 2.38 bits per heavy atom. The van der Waals surface area contributed by atoms with Crippen molar-refractivity contribution in [2.45, 2.75) is 13.3 Å². The predicted molar refractivity (Wildman–Crippen MR) is 63.5 cm³/mol. The van der Waals surface area contributed by atoms with Crippen molar-refractivity contribution in [3.05, 3.63) is 38.0 Å². The van der Waals surface area contributed by atoms with Crippen LogP contribution in [0.5, 0.6) is 0 Å². The average molecular weight is 251 g/mol. The molecule has 6 heteroatoms. The smallest absolute Gasteiger partial charge is 0.264 e. The molecule has 0 saturated heterocycles. The molecule has 0 aliphatic rings. The number of thiophene rings is 1. The fourth-order valence-corrected chi connectivity index (χ4v) is 2.82. The lowest BCUT2D eigenvalue weighted by Crippen LogP contribution is -1.96. The van der Waals surface area contributed by atoms with Crippen molar-refractivity contribution in [1.82, 2.24) is 4.98 Å². The van der Waals surface area contributed by atoms with Crippen LogP contribution < -0.4 is 0 Å². The topological polar surface area (TPSA) is 66.2 Å². The Bertz CT molecular complexity index is 530. The number of aryl methyl sites for hydroxylation is 1. The maximum absolute atomic E-state index is 11.3. The summed E-state index contributed by atoms with van der Waals surface area (Å²) < 4.78 is 0. The van der Waals surface area contributed by atoms with Crippen LogP contribution in [0.3, 0.4) is 0 Å². The molecule has 0 bridgehead atoms. The van der Waals surface area contributed by atoms with E-state index in [9.17, 15) is 4.79 Å². The van der Waals surface area contributed by atoms with Crippen LogP contribution >= 0.6 is 22.7 Å². The fraction of sp³-hybridized carbons (Fsp3) is 0.200. The van der Waals surface area contributed by atoms with Crippen LogP contribution in [0.1, 0.15) is 25.9 Å². The van der Waals surface area contributed by atoms with Crippen LogP contribution in [0.4, 0.5) is 0 Å². The number of hydrogen-bond acceptors (Lipinski definition) is 5. The first-order valence-electron chi connectivity index (χ1n) is 4.60. The molecule has 0 fully saturated rings. The first kappa shape index (κ1) is 11.1. The van der Waals surface area contributed by atoms with E-state index in [1.807, 2.05) is 23.8 Å². The molecule has 2 aromatic rings. The SMILES string of the molecule is Cc1nc(Cc2ccsc2C(=O)N=N)cs1. The fourth-order valence-electron chi connectivity index (χ4n) is 1.40. The van der Waals surface area contributed by atoms with E-state index in [2.05, 4.69) is 10.1 Å². The summed E-state index contributed by atoms with van der Waals surface area (Å²) in [5, 5.41) is 7.78. The van der Waals surface area contributed by atoms with Crippen LogP contribution in [0.15, 0.2) is 21.9 Å². The van der Waals surface area contributed by atoms with Gasteiger partial charge in [-0.25, -0.2) is 10.5 Å². The quantitative estimate of drug-likeness (QED) is 0.851. The summed E-state index contributed by atoms with van der Waals surface area (Å²) in [6, 6.07) is 1.89. The van der Waals surface area contributed by atoms with E-state index >= 15 is 0 Å². The van der Waals surface area contributed by atoms with Crippen LogP contribution in [-0.2, 0) is 6.42 Å². The Hall–Kier alpha value is -1.40. The van der Waals surface area contributed by atoms with Gasteiger partial charge in [-0.1, -0.05) is 0 Å². The number of thiazole rings is 1. The molecule has 0 aliphatic heterocycles. The van der Waals surface area contributed by atoms with E-state index in [-0.39, 0.29) is 0 Å². The largest absolute Gasteiger partial charge is 0.305 e. The summed E-state index contributed by atoms with van der Waals surface area (Å²) in [5.41, 5.74) is 8.59. The summed E-state index contributed by atoms with van der Waals surface area (Å²) in [5.74, 6) is -0.475. The van der Waals surface area contributed by atoms with Gasteiger partial charge >= 0.3 is 5.91 Å². The number of nitrogens with zero attached hydrogens (tertiary/aromatic N) is 2. The Labute approximate surface area is 100 Å². The van der Waals surface area contributed by atoms with Gasteiger partial charge in [-0.3, -0.25) is 4.79 Å². The molecule has 0 saturated carbocycles. The molecular formula is C10H9N3OS2. The molecule has 2 heterocycles. The highest BCUT2D eigenvalue weighted by Gasteiger charge is 2.13. The molecule has 4 nitrogen and oxygen atoms in total. The standard InChI is InChI=1S/C10H9N3OS2/c1-6-12-8(5-16-6)4-7-2-3-15-9(7)10(14)13-11/h2-3,5,11H,4H2,1H3. The highest BCUT2D eigenvalue weighted by Crippen LogP contribution is 2.21. The molecule has 0 spiro atoms. The predicted octanol–water partition coefficient (Wildman–Crippen LogP) is 3.27. The number of aromatic nitrogens is 1. The molecule has 0 atom stereocenters. The number of carbonyl (C=O) groups is 1. The highest BCUT2D eigenvalue weighted by atomic mass is 32.1. The minimum absolute atomic E-state index is 0.475. The van der Waals surface area contributed by atoms with Crippen molar-refractivity contribution < 1.29 is 4.79 Å². The summed E-state index contributed by atoms with van der Waals surface area (Å²) in [4.78, 5) is 16.2. The zero-order valence-corrected chi connectivity index (χ0v) is 10.2. The second kappa shape index (κ2) is 4.63. The third kappa shape index (κ3) is 2.23. The molecule has 16 heavy (non-hydrogen) atoms. The molecule has 0 aromatic carbocycles. The van der Waals surface area contributed by atoms with Gasteiger partial charge in [0.25, 0.3) is 0 Å². The Morgan fingerprint density at radius 1 is 1.56 bits per heavy atom. The molecule has 0 aliphatic carbocycles. The lowest BCUT2D eigenvalue weighted by Gasteiger charge is -1.96. The van der Waals surface area contributed by atoms with Crippen molar-refractivity contribution in [2.75, 3.05) is 0 Å². The maximum atomic E-state index is 11.3. The minimum Gasteiger partial charge on any atom is -0.264 e. The van der Waals surface area contributed by atoms with E-state index in [0.717, 1.165) is 16.3 Å². The number of carbonyl (C=O) groups excluding carboxylic acids is 1. The monoisotopic (exact) mass is 251 g/mol. The zero-order valence-electron chi connectivity index (χ0n) is 8.56. The van der Waals surface area contributed by atoms with Gasteiger partial charge in [0.15, 0.2) is 0 Å². The van der Waals surface area contributed by atoms with Gasteiger partial charge in [0.05, 0.1) is 15.6 Å². The van der Waals surface area contributed by atoms with E-state index in [4.69, 9.17) is 5.53 Å². The molecule has 82 valence electrons. The lowest BCUT2D eigenvalue weighted by molar-refractivity contribution is 0.0994. The van der Waals surface area contributed by atoms with Crippen LogP contribution in [-0.4, -0.2) is 10.9 Å². The number of amides is 1. The summed E-state index contributed by atoms with van der Waals surface area (Å²) in [6.45, 7) is 1.95. The molecule has 1 amide bonds. The van der Waals surface area contributed by atoms with E-state index < -0.39 is 5.91 Å². The van der Waals surface area contributed by atoms with Gasteiger partial charge < -0.3 is 0 Å². The van der Waals surface area contributed by atoms with Gasteiger partial charge in [0.1, 0.15) is 0 Å². The van der Waals surface area contributed by atoms with Crippen molar-refractivity contribution >= 4 is 28.6 Å². The first-order chi connectivity index (χ1) is 7.70. The Balaban J connectivity index is 2.25. The third-order valence-corrected chi connectivity index (χ3v) is 3.85. The van der Waals surface area contributed by atoms with Gasteiger partial charge in [-0.05, 0) is 23.9 Å². The van der Waals surface area contributed by atoms with Gasteiger partial charge in [0.2, 0.25) is 0 Å². The highest BCUT2D eigenvalue weighted by molar-refractivity contribution is 7.12. The van der Waals surface area contributed by atoms with Gasteiger partial charge in [-0.15, -0.1) is 27.8 Å². The van der Waals surface area contributed by atoms with Crippen LogP contribution in [0.2, 0.25) is 0 Å². The first-order valence-corrected chi connectivity index (χ1v) is 6.36. The Kier molecular flexibility index (Phi) is 3.21. The Morgan fingerprint density at radius 3 is 3.00 bits per heavy atom. The van der Waals surface area contributed by atoms with Crippen molar-refractivity contribution in [3.8, 4) is 0 Å². The van der Waals surface area contributed by atoms with Crippen LogP contribution in [0, 0.1) is 12.5 Å². The zero-order chi connectivity index (χ0) is 11.5. The summed E-state index contributed by atoms with van der Waals surface area (Å²) in [7, 11) is 0. The van der Waals surface area contributed by atoms with Gasteiger partial charge in [-0.2, -0.15) is 0 Å². The van der Waals surface area contributed by atoms with Crippen molar-refractivity contribution in [1.29, 1.82) is 5.53 Å². The average Bonchev–Trinajstić information content (AvgIpc) is 2.87. The lowest BCUT2D eigenvalue weighted by atomic mass is 10.1. The van der Waals surface area contributed by atoms with Crippen molar-refractivity contribution in [3.63, 3.8) is 0 Å². The molecule has 2 rings (SSSR count). The summed E-state index contributed by atoms with van der Waals surface area (Å²) in [6.07, 6.45) is 0.629. The molecule has 0 unspecified atom stereocenters. The maximum Gasteiger partial charge on any atom is 0.305 e. The number of nitrogens with one attached hydrogen (secondary N) is 1. The van der Waals surface area contributed by atoms with E-state index in [1.165, 1.54) is 11.3 Å². The van der Waals surface area contributed by atoms with Gasteiger partial charge in [0, 0.05) is 11.8 Å². The molecule has 0 radical (unpaired) electrons. The second-order valence-electron chi connectivity index (χ2n) is 3.23. The third-order valence-electron chi connectivity index (χ3n) is 2.08. The number of rotatable bonds is 3. The minimum atomic E-state index is -0.475. The summed E-state index contributed by atoms with van der Waals surface area (Å²) >= 11 is 2.91. The van der Waals surface area contributed by atoms with E-state index in [0.29, 0.717) is 11.3 Å². The van der Waals surface area contributed by atoms with Crippen LogP contribution in [0.25, 0.3) is 0 Å². The molecule has 2 aromatic heterocycles. The number of hydrogen-bond donors (Lipinski definition) is 1. The normalized spacial score (nSPS) is 10.3. The molecule has 1 N–H and O–H groups in total. The van der Waals surface area contributed by atoms with E-state index in [1.54, 1.807) is 11.3 Å².